The molecule has 8 nitrogen and oxygen atoms in total. The largest absolute Gasteiger partial charge is 0.496 e. The van der Waals surface area contributed by atoms with Crippen molar-refractivity contribution in [2.45, 2.75) is 17.7 Å². The van der Waals surface area contributed by atoms with Gasteiger partial charge in [-0.25, -0.2) is 12.8 Å². The number of anilines is 1. The van der Waals surface area contributed by atoms with Crippen LogP contribution in [0.25, 0.3) is 0 Å². The lowest BCUT2D eigenvalue weighted by Crippen LogP contribution is -2.41. The van der Waals surface area contributed by atoms with Crippen LogP contribution in [0.4, 0.5) is 10.1 Å². The van der Waals surface area contributed by atoms with Crippen molar-refractivity contribution in [3.63, 3.8) is 0 Å². The number of hydrogen-bond donors (Lipinski definition) is 1. The summed E-state index contributed by atoms with van der Waals surface area (Å²) < 4.78 is 57.7. The fourth-order valence-corrected chi connectivity index (χ4v) is 5.27. The van der Waals surface area contributed by atoms with Gasteiger partial charge in [0.25, 0.3) is 10.0 Å². The fourth-order valence-electron chi connectivity index (χ4n) is 3.66. The van der Waals surface area contributed by atoms with Crippen LogP contribution in [0.2, 0.25) is 5.02 Å². The molecule has 0 unspecified atom stereocenters. The lowest BCUT2D eigenvalue weighted by molar-refractivity contribution is -0.119. The van der Waals surface area contributed by atoms with E-state index in [4.69, 9.17) is 25.8 Å². The molecular formula is C26H28ClFN2O6S. The van der Waals surface area contributed by atoms with Crippen LogP contribution in [0.1, 0.15) is 12.0 Å². The summed E-state index contributed by atoms with van der Waals surface area (Å²) in [5, 5.41) is 2.47. The molecule has 0 bridgehead atoms. The van der Waals surface area contributed by atoms with E-state index < -0.39 is 28.3 Å². The summed E-state index contributed by atoms with van der Waals surface area (Å²) in [4.78, 5) is 12.7. The van der Waals surface area contributed by atoms with E-state index in [1.54, 1.807) is 7.11 Å². The number of para-hydroxylation sites is 1. The minimum atomic E-state index is -4.28. The number of methoxy groups -OCH3 is 3. The Morgan fingerprint density at radius 2 is 1.65 bits per heavy atom. The fraction of sp³-hybridized carbons (Fsp3) is 0.269. The Labute approximate surface area is 221 Å². The zero-order valence-corrected chi connectivity index (χ0v) is 22.2. The minimum absolute atomic E-state index is 0.0327. The molecule has 0 atom stereocenters. The van der Waals surface area contributed by atoms with Crippen molar-refractivity contribution in [3.8, 4) is 17.2 Å². The van der Waals surface area contributed by atoms with Gasteiger partial charge in [-0.3, -0.25) is 9.10 Å². The van der Waals surface area contributed by atoms with E-state index in [2.05, 4.69) is 5.32 Å². The molecule has 0 aliphatic rings. The molecule has 0 saturated heterocycles. The van der Waals surface area contributed by atoms with Gasteiger partial charge in [0.15, 0.2) is 11.5 Å². The molecule has 11 heteroatoms. The van der Waals surface area contributed by atoms with Crippen LogP contribution in [-0.2, 0) is 21.2 Å². The molecule has 1 amide bonds. The topological polar surface area (TPSA) is 94.2 Å². The second kappa shape index (κ2) is 12.6. The molecule has 1 N–H and O–H groups in total. The number of amides is 1. The molecule has 3 rings (SSSR count). The number of hydrogen-bond acceptors (Lipinski definition) is 6. The van der Waals surface area contributed by atoms with Crippen LogP contribution in [0.15, 0.2) is 65.6 Å². The third kappa shape index (κ3) is 6.84. The molecule has 3 aromatic carbocycles. The van der Waals surface area contributed by atoms with Gasteiger partial charge in [0.05, 0.1) is 36.9 Å². The second-order valence-electron chi connectivity index (χ2n) is 7.89. The quantitative estimate of drug-likeness (QED) is 0.335. The number of carbonyl (C=O) groups excluding carboxylic acids is 1. The highest BCUT2D eigenvalue weighted by Gasteiger charge is 2.29. The zero-order chi connectivity index (χ0) is 27.0. The number of benzene rings is 3. The third-order valence-corrected chi connectivity index (χ3v) is 7.62. The van der Waals surface area contributed by atoms with Crippen molar-refractivity contribution >= 4 is 33.2 Å². The molecule has 37 heavy (non-hydrogen) atoms. The molecule has 198 valence electrons. The van der Waals surface area contributed by atoms with Gasteiger partial charge >= 0.3 is 0 Å². The van der Waals surface area contributed by atoms with Crippen LogP contribution in [0.5, 0.6) is 17.2 Å². The molecule has 0 saturated carbocycles. The highest BCUT2D eigenvalue weighted by molar-refractivity contribution is 7.92. The van der Waals surface area contributed by atoms with E-state index in [9.17, 15) is 17.6 Å². The number of sulfonamides is 1. The van der Waals surface area contributed by atoms with Gasteiger partial charge < -0.3 is 19.5 Å². The molecule has 0 heterocycles. The van der Waals surface area contributed by atoms with Gasteiger partial charge in [0.1, 0.15) is 18.1 Å². The molecule has 0 radical (unpaired) electrons. The summed E-state index contributed by atoms with van der Waals surface area (Å²) in [6.45, 7) is -0.238. The number of nitrogens with zero attached hydrogens (tertiary/aromatic N) is 1. The highest BCUT2D eigenvalue weighted by atomic mass is 35.5. The summed E-state index contributed by atoms with van der Waals surface area (Å²) in [6, 6.07) is 15.1. The van der Waals surface area contributed by atoms with Gasteiger partial charge in [-0.1, -0.05) is 29.8 Å². The third-order valence-electron chi connectivity index (χ3n) is 5.56. The molecule has 0 aromatic heterocycles. The first-order chi connectivity index (χ1) is 17.7. The van der Waals surface area contributed by atoms with Crippen molar-refractivity contribution < 1.29 is 31.8 Å². The van der Waals surface area contributed by atoms with E-state index in [1.807, 2.05) is 24.3 Å². The smallest absolute Gasteiger partial charge is 0.264 e. The number of carbonyl (C=O) groups is 1. The van der Waals surface area contributed by atoms with Gasteiger partial charge in [0.2, 0.25) is 5.91 Å². The average molecular weight is 551 g/mol. The Bertz CT molecular complexity index is 1350. The van der Waals surface area contributed by atoms with Crippen molar-refractivity contribution in [1.29, 1.82) is 0 Å². The van der Waals surface area contributed by atoms with E-state index in [0.717, 1.165) is 27.8 Å². The second-order valence-corrected chi connectivity index (χ2v) is 10.2. The Balaban J connectivity index is 1.80. The van der Waals surface area contributed by atoms with Crippen molar-refractivity contribution in [3.05, 3.63) is 77.1 Å². The summed E-state index contributed by atoms with van der Waals surface area (Å²) in [5.41, 5.74) is 1.03. The van der Waals surface area contributed by atoms with Gasteiger partial charge in [-0.05, 0) is 54.8 Å². The number of halogens is 2. The maximum Gasteiger partial charge on any atom is 0.264 e. The Kier molecular flexibility index (Phi) is 9.60. The van der Waals surface area contributed by atoms with E-state index >= 15 is 0 Å². The average Bonchev–Trinajstić information content (AvgIpc) is 2.91. The van der Waals surface area contributed by atoms with Crippen molar-refractivity contribution in [1.82, 2.24) is 5.32 Å². The summed E-state index contributed by atoms with van der Waals surface area (Å²) in [7, 11) is 0.120. The first-order valence-electron chi connectivity index (χ1n) is 11.3. The number of ether oxygens (including phenoxy) is 3. The summed E-state index contributed by atoms with van der Waals surface area (Å²) >= 11 is 5.92. The molecule has 0 fully saturated rings. The van der Waals surface area contributed by atoms with Gasteiger partial charge in [-0.2, -0.15) is 0 Å². The Hall–Kier alpha value is -3.50. The van der Waals surface area contributed by atoms with Crippen LogP contribution >= 0.6 is 11.6 Å². The first-order valence-corrected chi connectivity index (χ1v) is 13.1. The standard InChI is InChI=1S/C26H28ClFN2O6S/c1-34-23-9-5-4-7-18(23)8-6-14-29-26(31)17-30(19-10-12-22(28)21(27)15-19)37(32,33)20-11-13-24(35-2)25(16-20)36-3/h4-5,7,9-13,15-16H,6,8,14,17H2,1-3H3,(H,29,31). The SMILES string of the molecule is COc1ccccc1CCCNC(=O)CN(c1ccc(F)c(Cl)c1)S(=O)(=O)c1ccc(OC)c(OC)c1. The number of aryl methyl sites for hydroxylation is 1. The van der Waals surface area contributed by atoms with Gasteiger partial charge in [0, 0.05) is 12.6 Å². The minimum Gasteiger partial charge on any atom is -0.496 e. The lowest BCUT2D eigenvalue weighted by atomic mass is 10.1. The van der Waals surface area contributed by atoms with Crippen LogP contribution in [0.3, 0.4) is 0 Å². The molecule has 0 aliphatic heterocycles. The van der Waals surface area contributed by atoms with Gasteiger partial charge in [-0.15, -0.1) is 0 Å². The molecule has 0 spiro atoms. The normalized spacial score (nSPS) is 11.1. The maximum atomic E-state index is 13.8. The summed E-state index contributed by atoms with van der Waals surface area (Å²) in [5.74, 6) is 0.0421. The van der Waals surface area contributed by atoms with Crippen LogP contribution in [-0.4, -0.2) is 48.7 Å². The molecule has 0 aliphatic carbocycles. The zero-order valence-electron chi connectivity index (χ0n) is 20.7. The monoisotopic (exact) mass is 550 g/mol. The van der Waals surface area contributed by atoms with E-state index in [0.29, 0.717) is 25.1 Å². The molecule has 3 aromatic rings. The lowest BCUT2D eigenvalue weighted by Gasteiger charge is -2.25. The summed E-state index contributed by atoms with van der Waals surface area (Å²) in [6.07, 6.45) is 1.27. The van der Waals surface area contributed by atoms with Crippen LogP contribution < -0.4 is 23.8 Å². The number of nitrogens with one attached hydrogen (secondary N) is 1. The first kappa shape index (κ1) is 28.1. The Morgan fingerprint density at radius 1 is 0.946 bits per heavy atom. The van der Waals surface area contributed by atoms with Crippen molar-refractivity contribution in [2.24, 2.45) is 0 Å². The van der Waals surface area contributed by atoms with E-state index in [-0.39, 0.29) is 21.4 Å². The van der Waals surface area contributed by atoms with Crippen molar-refractivity contribution in [2.75, 3.05) is 38.7 Å². The predicted octanol–water partition coefficient (Wildman–Crippen LogP) is 4.45. The predicted molar refractivity (Wildman–Crippen MR) is 140 cm³/mol. The highest BCUT2D eigenvalue weighted by Crippen LogP contribution is 2.33. The molecular weight excluding hydrogens is 523 g/mol. The van der Waals surface area contributed by atoms with Crippen LogP contribution in [0, 0.1) is 5.82 Å². The van der Waals surface area contributed by atoms with E-state index in [1.165, 1.54) is 38.5 Å². The maximum absolute atomic E-state index is 13.8. The Morgan fingerprint density at radius 3 is 2.32 bits per heavy atom. The number of rotatable bonds is 12.